The molecule has 1 unspecified atom stereocenters. The van der Waals surface area contributed by atoms with Gasteiger partial charge >= 0.3 is 0 Å². The molecular formula is C12H19ClN4. The van der Waals surface area contributed by atoms with Crippen LogP contribution < -0.4 is 4.90 Å². The van der Waals surface area contributed by atoms with E-state index in [1.165, 1.54) is 0 Å². The molecule has 0 N–H and O–H groups in total. The van der Waals surface area contributed by atoms with E-state index in [1.54, 1.807) is 0 Å². The van der Waals surface area contributed by atoms with Crippen LogP contribution in [0.3, 0.4) is 0 Å². The van der Waals surface area contributed by atoms with Crippen LogP contribution in [0.5, 0.6) is 0 Å². The van der Waals surface area contributed by atoms with E-state index in [9.17, 15) is 0 Å². The van der Waals surface area contributed by atoms with Crippen LogP contribution in [0.2, 0.25) is 5.28 Å². The van der Waals surface area contributed by atoms with Crippen molar-refractivity contribution in [2.75, 3.05) is 31.1 Å². The SMILES string of the molecule is CCN1CCN(c2cc(C)nc(Cl)n2)CC1C. The summed E-state index contributed by atoms with van der Waals surface area (Å²) in [6, 6.07) is 2.56. The van der Waals surface area contributed by atoms with Gasteiger partial charge in [-0.1, -0.05) is 6.92 Å². The minimum Gasteiger partial charge on any atom is -0.354 e. The summed E-state index contributed by atoms with van der Waals surface area (Å²) in [5.74, 6) is 0.949. The summed E-state index contributed by atoms with van der Waals surface area (Å²) >= 11 is 5.90. The standard InChI is InChI=1S/C12H19ClN4/c1-4-16-5-6-17(8-10(16)3)11-7-9(2)14-12(13)15-11/h7,10H,4-6,8H2,1-3H3. The van der Waals surface area contributed by atoms with Crippen molar-refractivity contribution >= 4 is 17.4 Å². The number of piperazine rings is 1. The van der Waals surface area contributed by atoms with E-state index in [-0.39, 0.29) is 0 Å². The molecule has 0 saturated carbocycles. The monoisotopic (exact) mass is 254 g/mol. The highest BCUT2D eigenvalue weighted by Gasteiger charge is 2.23. The molecule has 1 atom stereocenters. The first kappa shape index (κ1) is 12.6. The zero-order valence-electron chi connectivity index (χ0n) is 10.6. The van der Waals surface area contributed by atoms with Crippen molar-refractivity contribution in [3.63, 3.8) is 0 Å². The Morgan fingerprint density at radius 3 is 2.76 bits per heavy atom. The number of nitrogens with zero attached hydrogens (tertiary/aromatic N) is 4. The molecule has 1 aliphatic rings. The van der Waals surface area contributed by atoms with Crippen molar-refractivity contribution < 1.29 is 0 Å². The van der Waals surface area contributed by atoms with Gasteiger partial charge < -0.3 is 4.90 Å². The highest BCUT2D eigenvalue weighted by molar-refractivity contribution is 6.28. The van der Waals surface area contributed by atoms with Gasteiger partial charge in [-0.2, -0.15) is 0 Å². The summed E-state index contributed by atoms with van der Waals surface area (Å²) in [7, 11) is 0. The Labute approximate surface area is 108 Å². The lowest BCUT2D eigenvalue weighted by molar-refractivity contribution is 0.199. The number of hydrogen-bond donors (Lipinski definition) is 0. The second-order valence-electron chi connectivity index (χ2n) is 4.56. The maximum absolute atomic E-state index is 5.90. The van der Waals surface area contributed by atoms with E-state index in [2.05, 4.69) is 33.6 Å². The van der Waals surface area contributed by atoms with E-state index in [0.29, 0.717) is 11.3 Å². The van der Waals surface area contributed by atoms with Gasteiger partial charge in [0, 0.05) is 37.4 Å². The Hall–Kier alpha value is -0.870. The van der Waals surface area contributed by atoms with Crippen LogP contribution in [0, 0.1) is 6.92 Å². The quantitative estimate of drug-likeness (QED) is 0.756. The van der Waals surface area contributed by atoms with Crippen molar-refractivity contribution in [1.29, 1.82) is 0 Å². The fourth-order valence-electron chi connectivity index (χ4n) is 2.35. The molecule has 17 heavy (non-hydrogen) atoms. The van der Waals surface area contributed by atoms with Gasteiger partial charge in [-0.05, 0) is 32.0 Å². The molecule has 0 bridgehead atoms. The van der Waals surface area contributed by atoms with Gasteiger partial charge in [-0.3, -0.25) is 4.90 Å². The first-order valence-corrected chi connectivity index (χ1v) is 6.48. The van der Waals surface area contributed by atoms with Gasteiger partial charge in [0.05, 0.1) is 0 Å². The number of likely N-dealkylation sites (N-methyl/N-ethyl adjacent to an activating group) is 1. The fraction of sp³-hybridized carbons (Fsp3) is 0.667. The third kappa shape index (κ3) is 2.87. The lowest BCUT2D eigenvalue weighted by Crippen LogP contribution is -2.52. The van der Waals surface area contributed by atoms with E-state index < -0.39 is 0 Å². The van der Waals surface area contributed by atoms with Gasteiger partial charge in [0.1, 0.15) is 5.82 Å². The number of rotatable bonds is 2. The zero-order valence-corrected chi connectivity index (χ0v) is 11.4. The molecule has 0 radical (unpaired) electrons. The van der Waals surface area contributed by atoms with Crippen molar-refractivity contribution in [3.8, 4) is 0 Å². The molecule has 1 fully saturated rings. The molecule has 1 aliphatic heterocycles. The average molecular weight is 255 g/mol. The molecule has 2 heterocycles. The highest BCUT2D eigenvalue weighted by Crippen LogP contribution is 2.19. The topological polar surface area (TPSA) is 32.3 Å². The Balaban J connectivity index is 2.13. The van der Waals surface area contributed by atoms with Crippen molar-refractivity contribution in [2.45, 2.75) is 26.8 Å². The molecule has 4 nitrogen and oxygen atoms in total. The second-order valence-corrected chi connectivity index (χ2v) is 4.90. The number of aromatic nitrogens is 2. The molecule has 2 rings (SSSR count). The molecule has 0 aromatic carbocycles. The van der Waals surface area contributed by atoms with Crippen LogP contribution in [-0.2, 0) is 0 Å². The lowest BCUT2D eigenvalue weighted by atomic mass is 10.2. The summed E-state index contributed by atoms with van der Waals surface area (Å²) in [4.78, 5) is 13.2. The number of hydrogen-bond acceptors (Lipinski definition) is 4. The highest BCUT2D eigenvalue weighted by atomic mass is 35.5. The Morgan fingerprint density at radius 2 is 2.18 bits per heavy atom. The van der Waals surface area contributed by atoms with Gasteiger partial charge in [-0.15, -0.1) is 0 Å². The number of halogens is 1. The molecule has 94 valence electrons. The van der Waals surface area contributed by atoms with E-state index >= 15 is 0 Å². The number of anilines is 1. The van der Waals surface area contributed by atoms with Gasteiger partial charge in [0.2, 0.25) is 5.28 Å². The fourth-order valence-corrected chi connectivity index (χ4v) is 2.57. The van der Waals surface area contributed by atoms with Crippen LogP contribution in [0.15, 0.2) is 6.07 Å². The van der Waals surface area contributed by atoms with Crippen LogP contribution >= 0.6 is 11.6 Å². The van der Waals surface area contributed by atoms with E-state index in [4.69, 9.17) is 11.6 Å². The van der Waals surface area contributed by atoms with Crippen molar-refractivity contribution in [2.24, 2.45) is 0 Å². The maximum Gasteiger partial charge on any atom is 0.224 e. The summed E-state index contributed by atoms with van der Waals surface area (Å²) < 4.78 is 0. The van der Waals surface area contributed by atoms with E-state index in [0.717, 1.165) is 37.7 Å². The maximum atomic E-state index is 5.90. The smallest absolute Gasteiger partial charge is 0.224 e. The molecule has 0 spiro atoms. The molecular weight excluding hydrogens is 236 g/mol. The summed E-state index contributed by atoms with van der Waals surface area (Å²) in [5.41, 5.74) is 0.922. The van der Waals surface area contributed by atoms with Crippen LogP contribution in [0.4, 0.5) is 5.82 Å². The van der Waals surface area contributed by atoms with Crippen LogP contribution in [0.1, 0.15) is 19.5 Å². The average Bonchev–Trinajstić information content (AvgIpc) is 2.27. The molecule has 0 amide bonds. The second kappa shape index (κ2) is 5.19. The summed E-state index contributed by atoms with van der Waals surface area (Å²) in [5, 5.41) is 0.338. The third-order valence-corrected chi connectivity index (χ3v) is 3.48. The minimum atomic E-state index is 0.338. The van der Waals surface area contributed by atoms with Gasteiger partial charge in [-0.25, -0.2) is 9.97 Å². The minimum absolute atomic E-state index is 0.338. The van der Waals surface area contributed by atoms with Crippen molar-refractivity contribution in [1.82, 2.24) is 14.9 Å². The lowest BCUT2D eigenvalue weighted by Gasteiger charge is -2.39. The normalized spacial score (nSPS) is 21.9. The third-order valence-electron chi connectivity index (χ3n) is 3.31. The molecule has 1 saturated heterocycles. The Bertz CT molecular complexity index is 376. The Morgan fingerprint density at radius 1 is 1.41 bits per heavy atom. The first-order valence-electron chi connectivity index (χ1n) is 6.10. The molecule has 5 heteroatoms. The Kier molecular flexibility index (Phi) is 3.84. The predicted octanol–water partition coefficient (Wildman–Crippen LogP) is 1.97. The van der Waals surface area contributed by atoms with E-state index in [1.807, 2.05) is 13.0 Å². The molecule has 1 aromatic rings. The summed E-state index contributed by atoms with van der Waals surface area (Å²) in [6.45, 7) is 10.6. The van der Waals surface area contributed by atoms with Gasteiger partial charge in [0.25, 0.3) is 0 Å². The molecule has 1 aromatic heterocycles. The molecule has 0 aliphatic carbocycles. The van der Waals surface area contributed by atoms with Crippen LogP contribution in [-0.4, -0.2) is 47.1 Å². The van der Waals surface area contributed by atoms with Crippen molar-refractivity contribution in [3.05, 3.63) is 17.0 Å². The first-order chi connectivity index (χ1) is 8.10. The zero-order chi connectivity index (χ0) is 12.4. The largest absolute Gasteiger partial charge is 0.354 e. The number of aryl methyl sites for hydroxylation is 1. The van der Waals surface area contributed by atoms with Gasteiger partial charge in [0.15, 0.2) is 0 Å². The van der Waals surface area contributed by atoms with Crippen LogP contribution in [0.25, 0.3) is 0 Å². The summed E-state index contributed by atoms with van der Waals surface area (Å²) in [6.07, 6.45) is 0. The predicted molar refractivity (Wildman–Crippen MR) is 70.7 cm³/mol.